The molecule has 0 aliphatic heterocycles. The molecule has 4 aromatic carbocycles. The Morgan fingerprint density at radius 3 is 0.845 bits per heavy atom. The van der Waals surface area contributed by atoms with E-state index >= 15 is 0 Å². The van der Waals surface area contributed by atoms with Crippen LogP contribution in [0.25, 0.3) is 0 Å². The third kappa shape index (κ3) is 18.7. The number of ether oxygens (including phenoxy) is 11. The van der Waals surface area contributed by atoms with Crippen molar-refractivity contribution in [1.29, 1.82) is 0 Å². The minimum atomic E-state index is -0.757. The predicted molar refractivity (Wildman–Crippen MR) is 219 cm³/mol. The second kappa shape index (κ2) is 30.9. The molecule has 0 N–H and O–H groups in total. The Labute approximate surface area is 343 Å². The average molecular weight is 805 g/mol. The van der Waals surface area contributed by atoms with Crippen LogP contribution in [-0.4, -0.2) is 138 Å². The van der Waals surface area contributed by atoms with Crippen molar-refractivity contribution in [3.05, 3.63) is 144 Å². The van der Waals surface area contributed by atoms with Crippen molar-refractivity contribution in [2.75, 3.05) is 132 Å². The highest BCUT2D eigenvalue weighted by Gasteiger charge is 2.37. The average Bonchev–Trinajstić information content (AvgIpc) is 3.28. The van der Waals surface area contributed by atoms with E-state index in [9.17, 15) is 4.79 Å². The molecule has 0 atom stereocenters. The Morgan fingerprint density at radius 1 is 0.310 bits per heavy atom. The first-order chi connectivity index (χ1) is 28.8. The van der Waals surface area contributed by atoms with Gasteiger partial charge < -0.3 is 52.1 Å². The zero-order chi connectivity index (χ0) is 40.4. The number of hydrogen-bond donors (Lipinski definition) is 0. The molecule has 0 aromatic heterocycles. The van der Waals surface area contributed by atoms with Crippen LogP contribution in [0.2, 0.25) is 0 Å². The molecule has 58 heavy (non-hydrogen) atoms. The van der Waals surface area contributed by atoms with Crippen molar-refractivity contribution < 1.29 is 56.9 Å². The Balaban J connectivity index is 0.863. The van der Waals surface area contributed by atoms with Gasteiger partial charge in [0, 0.05) is 0 Å². The summed E-state index contributed by atoms with van der Waals surface area (Å²) in [5, 5.41) is 0. The van der Waals surface area contributed by atoms with E-state index in [4.69, 9.17) is 52.1 Å². The molecule has 0 bridgehead atoms. The van der Waals surface area contributed by atoms with Crippen LogP contribution in [0.3, 0.4) is 0 Å². The molecule has 0 fully saturated rings. The SMILES string of the molecule is O=C(OCCOCCOCCOCCOCCOCCOCCOCCOCCOCCOC(c1ccccc1)(c1ccccc1)c1ccccc1)c1ccccc1. The third-order valence-corrected chi connectivity index (χ3v) is 8.53. The topological polar surface area (TPSA) is 119 Å². The standard InChI is InChI=1S/C46H60O12/c47-45(41-13-5-1-6-14-41)57-39-37-55-35-33-53-31-29-51-27-25-49-23-21-48-22-24-50-26-28-52-30-32-54-34-36-56-38-40-58-46(42-15-7-2-8-16-42,43-17-9-3-10-18-43)44-19-11-4-12-20-44/h1-20H,21-40H2. The molecule has 0 amide bonds. The van der Waals surface area contributed by atoms with Gasteiger partial charge in [0.1, 0.15) is 12.2 Å². The van der Waals surface area contributed by atoms with E-state index in [0.29, 0.717) is 131 Å². The summed E-state index contributed by atoms with van der Waals surface area (Å²) in [7, 11) is 0. The van der Waals surface area contributed by atoms with Gasteiger partial charge in [-0.3, -0.25) is 0 Å². The fourth-order valence-corrected chi connectivity index (χ4v) is 5.73. The molecule has 0 unspecified atom stereocenters. The quantitative estimate of drug-likeness (QED) is 0.0309. The Kier molecular flexibility index (Phi) is 24.9. The van der Waals surface area contributed by atoms with Gasteiger partial charge in [-0.15, -0.1) is 0 Å². The lowest BCUT2D eigenvalue weighted by Gasteiger charge is -2.36. The number of carbonyl (C=O) groups is 1. The number of carbonyl (C=O) groups excluding carboxylic acids is 1. The van der Waals surface area contributed by atoms with Crippen LogP contribution >= 0.6 is 0 Å². The molecule has 0 heterocycles. The molecule has 0 spiro atoms. The maximum atomic E-state index is 11.8. The molecular weight excluding hydrogens is 744 g/mol. The van der Waals surface area contributed by atoms with Crippen LogP contribution < -0.4 is 0 Å². The van der Waals surface area contributed by atoms with E-state index in [0.717, 1.165) is 16.7 Å². The van der Waals surface area contributed by atoms with Crippen molar-refractivity contribution >= 4 is 5.97 Å². The van der Waals surface area contributed by atoms with Crippen LogP contribution in [-0.2, 0) is 57.7 Å². The maximum Gasteiger partial charge on any atom is 0.338 e. The number of rotatable bonds is 35. The molecule has 12 nitrogen and oxygen atoms in total. The van der Waals surface area contributed by atoms with Crippen LogP contribution in [0.15, 0.2) is 121 Å². The third-order valence-electron chi connectivity index (χ3n) is 8.53. The smallest absolute Gasteiger partial charge is 0.338 e. The molecule has 12 heteroatoms. The van der Waals surface area contributed by atoms with Gasteiger partial charge in [0.2, 0.25) is 0 Å². The van der Waals surface area contributed by atoms with E-state index in [1.807, 2.05) is 60.7 Å². The Morgan fingerprint density at radius 2 is 0.552 bits per heavy atom. The van der Waals surface area contributed by atoms with Gasteiger partial charge in [-0.05, 0) is 28.8 Å². The van der Waals surface area contributed by atoms with Crippen molar-refractivity contribution in [3.63, 3.8) is 0 Å². The number of benzene rings is 4. The van der Waals surface area contributed by atoms with Gasteiger partial charge in [-0.1, -0.05) is 109 Å². The largest absolute Gasteiger partial charge is 0.460 e. The Bertz CT molecular complexity index is 1450. The van der Waals surface area contributed by atoms with Crippen molar-refractivity contribution in [1.82, 2.24) is 0 Å². The summed E-state index contributed by atoms with van der Waals surface area (Å²) in [6.45, 7) is 8.92. The van der Waals surface area contributed by atoms with E-state index in [1.54, 1.807) is 24.3 Å². The van der Waals surface area contributed by atoms with Crippen LogP contribution in [0.5, 0.6) is 0 Å². The summed E-state index contributed by atoms with van der Waals surface area (Å²) in [5.41, 5.74) is 2.96. The van der Waals surface area contributed by atoms with Gasteiger partial charge in [-0.2, -0.15) is 0 Å². The molecule has 0 aliphatic carbocycles. The van der Waals surface area contributed by atoms with E-state index < -0.39 is 5.60 Å². The first-order valence-corrected chi connectivity index (χ1v) is 20.0. The maximum absolute atomic E-state index is 11.8. The van der Waals surface area contributed by atoms with Crippen molar-refractivity contribution in [2.24, 2.45) is 0 Å². The second-order valence-electron chi connectivity index (χ2n) is 12.6. The van der Waals surface area contributed by atoms with Crippen LogP contribution in [0, 0.1) is 0 Å². The first kappa shape index (κ1) is 46.6. The van der Waals surface area contributed by atoms with Crippen molar-refractivity contribution in [2.45, 2.75) is 5.60 Å². The monoisotopic (exact) mass is 804 g/mol. The van der Waals surface area contributed by atoms with Gasteiger partial charge in [0.25, 0.3) is 0 Å². The fourth-order valence-electron chi connectivity index (χ4n) is 5.73. The summed E-state index contributed by atoms with van der Waals surface area (Å²) >= 11 is 0. The molecule has 316 valence electrons. The summed E-state index contributed by atoms with van der Waals surface area (Å²) in [4.78, 5) is 11.8. The van der Waals surface area contributed by atoms with Crippen LogP contribution in [0.1, 0.15) is 27.0 Å². The molecule has 0 saturated carbocycles. The number of esters is 1. The highest BCUT2D eigenvalue weighted by Crippen LogP contribution is 2.40. The second-order valence-corrected chi connectivity index (χ2v) is 12.6. The zero-order valence-corrected chi connectivity index (χ0v) is 33.6. The fraction of sp³-hybridized carbons (Fsp3) is 0.457. The highest BCUT2D eigenvalue weighted by atomic mass is 16.6. The van der Waals surface area contributed by atoms with Gasteiger partial charge >= 0.3 is 5.97 Å². The normalized spacial score (nSPS) is 11.5. The minimum Gasteiger partial charge on any atom is -0.460 e. The van der Waals surface area contributed by atoms with E-state index in [2.05, 4.69) is 36.4 Å². The first-order valence-electron chi connectivity index (χ1n) is 20.0. The van der Waals surface area contributed by atoms with E-state index in [1.165, 1.54) is 0 Å². The zero-order valence-electron chi connectivity index (χ0n) is 33.6. The lowest BCUT2D eigenvalue weighted by Crippen LogP contribution is -2.34. The summed E-state index contributed by atoms with van der Waals surface area (Å²) in [6, 6.07) is 39.8. The lowest BCUT2D eigenvalue weighted by molar-refractivity contribution is -0.0399. The van der Waals surface area contributed by atoms with Gasteiger partial charge in [0.15, 0.2) is 0 Å². The Hall–Kier alpha value is -4.05. The molecule has 0 saturated heterocycles. The molecule has 0 radical (unpaired) electrons. The molecular formula is C46H60O12. The summed E-state index contributed by atoms with van der Waals surface area (Å²) in [6.07, 6.45) is 0. The molecule has 4 aromatic rings. The summed E-state index contributed by atoms with van der Waals surface area (Å²) < 4.78 is 61.9. The van der Waals surface area contributed by atoms with Gasteiger partial charge in [0.05, 0.1) is 131 Å². The van der Waals surface area contributed by atoms with E-state index in [-0.39, 0.29) is 12.6 Å². The molecule has 4 rings (SSSR count). The minimum absolute atomic E-state index is 0.198. The van der Waals surface area contributed by atoms with Crippen LogP contribution in [0.4, 0.5) is 0 Å². The summed E-state index contributed by atoms with van der Waals surface area (Å²) in [5.74, 6) is -0.358. The lowest BCUT2D eigenvalue weighted by atomic mass is 9.80. The predicted octanol–water partition coefficient (Wildman–Crippen LogP) is 6.00. The highest BCUT2D eigenvalue weighted by molar-refractivity contribution is 5.89. The number of hydrogen-bond acceptors (Lipinski definition) is 12. The van der Waals surface area contributed by atoms with Crippen molar-refractivity contribution in [3.8, 4) is 0 Å². The van der Waals surface area contributed by atoms with Gasteiger partial charge in [-0.25, -0.2) is 4.79 Å². The molecule has 0 aliphatic rings.